The van der Waals surface area contributed by atoms with Gasteiger partial charge in [-0.15, -0.1) is 12.4 Å². The number of nitrogens with zero attached hydrogens (tertiary/aromatic N) is 1. The van der Waals surface area contributed by atoms with Crippen LogP contribution in [0, 0.1) is 0 Å². The quantitative estimate of drug-likeness (QED) is 0.780. The molecule has 2 aromatic carbocycles. The van der Waals surface area contributed by atoms with E-state index in [1.807, 2.05) is 0 Å². The number of aromatic nitrogens is 1. The molecule has 1 aromatic heterocycles. The van der Waals surface area contributed by atoms with Crippen molar-refractivity contribution in [3.8, 4) is 0 Å². The molecule has 0 spiro atoms. The van der Waals surface area contributed by atoms with E-state index in [4.69, 9.17) is 5.73 Å². The Balaban J connectivity index is 0.00000147. The van der Waals surface area contributed by atoms with Gasteiger partial charge < -0.3 is 10.3 Å². The van der Waals surface area contributed by atoms with E-state index in [0.29, 0.717) is 6.54 Å². The van der Waals surface area contributed by atoms with E-state index in [1.165, 1.54) is 22.0 Å². The van der Waals surface area contributed by atoms with Crippen LogP contribution in [-0.4, -0.2) is 11.1 Å². The molecule has 2 nitrogen and oxygen atoms in total. The second-order valence-corrected chi connectivity index (χ2v) is 4.82. The Labute approximate surface area is 125 Å². The molecule has 0 aliphatic heterocycles. The van der Waals surface area contributed by atoms with Crippen LogP contribution >= 0.6 is 12.4 Å². The highest BCUT2D eigenvalue weighted by molar-refractivity contribution is 5.85. The fourth-order valence-corrected chi connectivity index (χ4v) is 2.59. The minimum absolute atomic E-state index is 0. The molecule has 104 valence electrons. The highest BCUT2D eigenvalue weighted by Gasteiger charge is 2.07. The van der Waals surface area contributed by atoms with Gasteiger partial charge in [-0.2, -0.15) is 0 Å². The SMILES string of the molecule is Cl.NCCc1cn(Cc2ccccc2)c2ccccc12. The largest absolute Gasteiger partial charge is 0.343 e. The predicted molar refractivity (Wildman–Crippen MR) is 87.5 cm³/mol. The summed E-state index contributed by atoms with van der Waals surface area (Å²) in [6.45, 7) is 1.60. The Hall–Kier alpha value is -1.77. The molecule has 20 heavy (non-hydrogen) atoms. The highest BCUT2D eigenvalue weighted by Crippen LogP contribution is 2.22. The van der Waals surface area contributed by atoms with Crippen molar-refractivity contribution in [2.75, 3.05) is 6.54 Å². The van der Waals surface area contributed by atoms with E-state index in [9.17, 15) is 0 Å². The van der Waals surface area contributed by atoms with Gasteiger partial charge >= 0.3 is 0 Å². The number of nitrogens with two attached hydrogens (primary N) is 1. The van der Waals surface area contributed by atoms with Crippen LogP contribution in [0.15, 0.2) is 60.8 Å². The molecule has 0 atom stereocenters. The fraction of sp³-hybridized carbons (Fsp3) is 0.176. The van der Waals surface area contributed by atoms with E-state index in [2.05, 4.69) is 65.4 Å². The lowest BCUT2D eigenvalue weighted by atomic mass is 10.1. The lowest BCUT2D eigenvalue weighted by Gasteiger charge is -2.05. The van der Waals surface area contributed by atoms with Crippen LogP contribution in [0.5, 0.6) is 0 Å². The van der Waals surface area contributed by atoms with Crippen LogP contribution in [-0.2, 0) is 13.0 Å². The lowest BCUT2D eigenvalue weighted by Crippen LogP contribution is -2.02. The number of hydrogen-bond acceptors (Lipinski definition) is 1. The van der Waals surface area contributed by atoms with Crippen molar-refractivity contribution >= 4 is 23.3 Å². The molecule has 0 unspecified atom stereocenters. The van der Waals surface area contributed by atoms with E-state index in [0.717, 1.165) is 13.0 Å². The predicted octanol–water partition coefficient (Wildman–Crippen LogP) is 3.61. The van der Waals surface area contributed by atoms with Crippen LogP contribution in [0.2, 0.25) is 0 Å². The molecule has 0 radical (unpaired) electrons. The number of para-hydroxylation sites is 1. The van der Waals surface area contributed by atoms with E-state index < -0.39 is 0 Å². The smallest absolute Gasteiger partial charge is 0.0486 e. The average molecular weight is 287 g/mol. The van der Waals surface area contributed by atoms with E-state index in [-0.39, 0.29) is 12.4 Å². The van der Waals surface area contributed by atoms with Gasteiger partial charge in [0.1, 0.15) is 0 Å². The fourth-order valence-electron chi connectivity index (χ4n) is 2.59. The van der Waals surface area contributed by atoms with Gasteiger partial charge in [0.2, 0.25) is 0 Å². The minimum atomic E-state index is 0. The maximum absolute atomic E-state index is 5.70. The maximum atomic E-state index is 5.70. The van der Waals surface area contributed by atoms with Crippen LogP contribution in [0.3, 0.4) is 0 Å². The minimum Gasteiger partial charge on any atom is -0.343 e. The Morgan fingerprint density at radius 2 is 1.60 bits per heavy atom. The molecule has 0 aliphatic rings. The van der Waals surface area contributed by atoms with Crippen molar-refractivity contribution in [1.29, 1.82) is 0 Å². The van der Waals surface area contributed by atoms with Gasteiger partial charge in [0.25, 0.3) is 0 Å². The number of benzene rings is 2. The van der Waals surface area contributed by atoms with Gasteiger partial charge in [0.15, 0.2) is 0 Å². The number of fused-ring (bicyclic) bond motifs is 1. The normalized spacial score (nSPS) is 10.4. The van der Waals surface area contributed by atoms with Crippen molar-refractivity contribution in [1.82, 2.24) is 4.57 Å². The number of hydrogen-bond donors (Lipinski definition) is 1. The van der Waals surface area contributed by atoms with Gasteiger partial charge in [-0.25, -0.2) is 0 Å². The standard InChI is InChI=1S/C17H18N2.ClH/c18-11-10-15-13-19(12-14-6-2-1-3-7-14)17-9-5-4-8-16(15)17;/h1-9,13H,10-12,18H2;1H. The summed E-state index contributed by atoms with van der Waals surface area (Å²) in [6, 6.07) is 19.1. The Morgan fingerprint density at radius 1 is 0.900 bits per heavy atom. The van der Waals surface area contributed by atoms with E-state index >= 15 is 0 Å². The van der Waals surface area contributed by atoms with Crippen molar-refractivity contribution in [2.24, 2.45) is 5.73 Å². The van der Waals surface area contributed by atoms with Crippen LogP contribution in [0.1, 0.15) is 11.1 Å². The van der Waals surface area contributed by atoms with Crippen LogP contribution < -0.4 is 5.73 Å². The zero-order valence-corrected chi connectivity index (χ0v) is 12.1. The van der Waals surface area contributed by atoms with E-state index in [1.54, 1.807) is 0 Å². The molecule has 2 N–H and O–H groups in total. The lowest BCUT2D eigenvalue weighted by molar-refractivity contribution is 0.827. The molecule has 3 aromatic rings. The van der Waals surface area contributed by atoms with Crippen LogP contribution in [0.25, 0.3) is 10.9 Å². The first kappa shape index (κ1) is 14.6. The summed E-state index contributed by atoms with van der Waals surface area (Å²) in [5, 5.41) is 1.32. The molecule has 0 aliphatic carbocycles. The molecular weight excluding hydrogens is 268 g/mol. The molecule has 3 rings (SSSR count). The zero-order chi connectivity index (χ0) is 13.1. The maximum Gasteiger partial charge on any atom is 0.0486 e. The second-order valence-electron chi connectivity index (χ2n) is 4.82. The molecule has 0 amide bonds. The number of rotatable bonds is 4. The van der Waals surface area contributed by atoms with Crippen molar-refractivity contribution in [3.05, 3.63) is 71.9 Å². The topological polar surface area (TPSA) is 30.9 Å². The third-order valence-corrected chi connectivity index (χ3v) is 3.48. The first-order valence-electron chi connectivity index (χ1n) is 6.69. The summed E-state index contributed by atoms with van der Waals surface area (Å²) < 4.78 is 2.32. The first-order valence-corrected chi connectivity index (χ1v) is 6.69. The second kappa shape index (κ2) is 6.60. The summed E-state index contributed by atoms with van der Waals surface area (Å²) in [6.07, 6.45) is 3.17. The molecule has 1 heterocycles. The molecule has 0 saturated heterocycles. The highest BCUT2D eigenvalue weighted by atomic mass is 35.5. The van der Waals surface area contributed by atoms with Gasteiger partial charge in [-0.05, 0) is 30.2 Å². The Bertz CT molecular complexity index is 674. The first-order chi connectivity index (χ1) is 9.38. The van der Waals surface area contributed by atoms with Crippen LogP contribution in [0.4, 0.5) is 0 Å². The van der Waals surface area contributed by atoms with Gasteiger partial charge in [-0.1, -0.05) is 48.5 Å². The summed E-state index contributed by atoms with van der Waals surface area (Å²) >= 11 is 0. The van der Waals surface area contributed by atoms with Gasteiger partial charge in [0.05, 0.1) is 0 Å². The average Bonchev–Trinajstić information content (AvgIpc) is 2.79. The third-order valence-electron chi connectivity index (χ3n) is 3.48. The summed E-state index contributed by atoms with van der Waals surface area (Å²) in [5.41, 5.74) is 9.65. The molecule has 0 fully saturated rings. The Morgan fingerprint density at radius 3 is 2.35 bits per heavy atom. The number of halogens is 1. The third kappa shape index (κ3) is 2.87. The summed E-state index contributed by atoms with van der Waals surface area (Å²) in [7, 11) is 0. The van der Waals surface area contributed by atoms with Crippen molar-refractivity contribution < 1.29 is 0 Å². The van der Waals surface area contributed by atoms with Crippen molar-refractivity contribution in [3.63, 3.8) is 0 Å². The van der Waals surface area contributed by atoms with Gasteiger partial charge in [-0.3, -0.25) is 0 Å². The summed E-state index contributed by atoms with van der Waals surface area (Å²) in [5.74, 6) is 0. The van der Waals surface area contributed by atoms with Gasteiger partial charge in [0, 0.05) is 23.6 Å². The van der Waals surface area contributed by atoms with Crippen molar-refractivity contribution in [2.45, 2.75) is 13.0 Å². The molecule has 0 saturated carbocycles. The molecule has 3 heteroatoms. The molecular formula is C17H19ClN2. The molecule has 0 bridgehead atoms. The Kier molecular flexibility index (Phi) is 4.83. The summed E-state index contributed by atoms with van der Waals surface area (Å²) in [4.78, 5) is 0. The monoisotopic (exact) mass is 286 g/mol. The zero-order valence-electron chi connectivity index (χ0n) is 11.3.